The number of aliphatic hydroxyl groups excluding tert-OH is 1. The second kappa shape index (κ2) is 5.12. The van der Waals surface area contributed by atoms with Crippen LogP contribution in [0.4, 0.5) is 10.8 Å². The predicted molar refractivity (Wildman–Crippen MR) is 79.6 cm³/mol. The second-order valence-corrected chi connectivity index (χ2v) is 6.18. The van der Waals surface area contributed by atoms with Crippen LogP contribution in [-0.4, -0.2) is 16.6 Å². The molecule has 0 saturated carbocycles. The molecule has 1 aromatic carbocycles. The van der Waals surface area contributed by atoms with E-state index in [1.54, 1.807) is 0 Å². The van der Waals surface area contributed by atoms with Gasteiger partial charge in [0, 0.05) is 12.2 Å². The van der Waals surface area contributed by atoms with E-state index in [2.05, 4.69) is 35.0 Å². The minimum atomic E-state index is -0.0505. The predicted octanol–water partition coefficient (Wildman–Crippen LogP) is 3.68. The highest BCUT2D eigenvalue weighted by molar-refractivity contribution is 7.16. The summed E-state index contributed by atoms with van der Waals surface area (Å²) in [6.45, 7) is 3.01. The normalized spacial score (nSPS) is 14.6. The van der Waals surface area contributed by atoms with Crippen LogP contribution in [-0.2, 0) is 13.0 Å². The summed E-state index contributed by atoms with van der Waals surface area (Å²) in [6, 6.07) is 6.51. The zero-order valence-corrected chi connectivity index (χ0v) is 12.3. The fourth-order valence-electron chi connectivity index (χ4n) is 2.46. The van der Waals surface area contributed by atoms with Crippen LogP contribution in [0.5, 0.6) is 0 Å². The van der Waals surface area contributed by atoms with E-state index in [1.165, 1.54) is 28.2 Å². The summed E-state index contributed by atoms with van der Waals surface area (Å²) in [7, 11) is 0. The molecular weight excluding hydrogens is 280 g/mol. The van der Waals surface area contributed by atoms with Crippen molar-refractivity contribution in [2.45, 2.75) is 26.4 Å². The van der Waals surface area contributed by atoms with Crippen LogP contribution in [0.2, 0.25) is 5.15 Å². The van der Waals surface area contributed by atoms with Gasteiger partial charge in [0.15, 0.2) is 5.13 Å². The summed E-state index contributed by atoms with van der Waals surface area (Å²) in [6.07, 6.45) is 2.22. The molecule has 0 unspecified atom stereocenters. The van der Waals surface area contributed by atoms with Crippen LogP contribution >= 0.6 is 22.9 Å². The van der Waals surface area contributed by atoms with Crippen molar-refractivity contribution in [2.75, 3.05) is 11.4 Å². The maximum absolute atomic E-state index is 9.23. The molecule has 1 aliphatic heterocycles. The molecule has 1 N–H and O–H groups in total. The molecular formula is C14H15ClN2OS. The van der Waals surface area contributed by atoms with Crippen LogP contribution in [0.3, 0.4) is 0 Å². The third-order valence-corrected chi connectivity index (χ3v) is 4.85. The zero-order chi connectivity index (χ0) is 13.4. The van der Waals surface area contributed by atoms with Crippen molar-refractivity contribution in [1.29, 1.82) is 0 Å². The Labute approximate surface area is 121 Å². The number of aryl methyl sites for hydroxylation is 2. The number of thiazole rings is 1. The van der Waals surface area contributed by atoms with Gasteiger partial charge in [-0.1, -0.05) is 40.6 Å². The van der Waals surface area contributed by atoms with E-state index >= 15 is 0 Å². The number of nitrogens with zero attached hydrogens (tertiary/aromatic N) is 2. The molecule has 3 rings (SSSR count). The lowest BCUT2D eigenvalue weighted by Gasteiger charge is -2.29. The quantitative estimate of drug-likeness (QED) is 0.918. The molecule has 0 fully saturated rings. The van der Waals surface area contributed by atoms with Crippen LogP contribution in [0.25, 0.3) is 0 Å². The molecule has 19 heavy (non-hydrogen) atoms. The molecule has 5 heteroatoms. The molecule has 0 amide bonds. The molecule has 1 aromatic heterocycles. The molecule has 3 nitrogen and oxygen atoms in total. The fraction of sp³-hybridized carbons (Fsp3) is 0.357. The molecule has 0 saturated heterocycles. The summed E-state index contributed by atoms with van der Waals surface area (Å²) in [5.41, 5.74) is 3.86. The third kappa shape index (κ3) is 2.36. The average Bonchev–Trinajstić information content (AvgIpc) is 2.78. The van der Waals surface area contributed by atoms with E-state index in [-0.39, 0.29) is 6.61 Å². The van der Waals surface area contributed by atoms with Crippen LogP contribution in [0.15, 0.2) is 18.2 Å². The van der Waals surface area contributed by atoms with Gasteiger partial charge in [-0.15, -0.1) is 0 Å². The van der Waals surface area contributed by atoms with Gasteiger partial charge in [-0.05, 0) is 31.4 Å². The van der Waals surface area contributed by atoms with Crippen molar-refractivity contribution >= 4 is 33.8 Å². The van der Waals surface area contributed by atoms with Gasteiger partial charge < -0.3 is 10.0 Å². The number of hydrogen-bond acceptors (Lipinski definition) is 4. The van der Waals surface area contributed by atoms with Crippen molar-refractivity contribution in [3.05, 3.63) is 39.4 Å². The smallest absolute Gasteiger partial charge is 0.191 e. The topological polar surface area (TPSA) is 36.4 Å². The van der Waals surface area contributed by atoms with Gasteiger partial charge in [0.25, 0.3) is 0 Å². The van der Waals surface area contributed by atoms with Gasteiger partial charge in [-0.3, -0.25) is 0 Å². The Morgan fingerprint density at radius 2 is 2.32 bits per heavy atom. The highest BCUT2D eigenvalue weighted by Crippen LogP contribution is 2.38. The lowest BCUT2D eigenvalue weighted by atomic mass is 10.0. The van der Waals surface area contributed by atoms with Crippen molar-refractivity contribution in [1.82, 2.24) is 4.98 Å². The van der Waals surface area contributed by atoms with E-state index in [9.17, 15) is 5.11 Å². The summed E-state index contributed by atoms with van der Waals surface area (Å²) >= 11 is 7.50. The number of anilines is 2. The maximum atomic E-state index is 9.23. The lowest BCUT2D eigenvalue weighted by Crippen LogP contribution is -2.24. The van der Waals surface area contributed by atoms with Crippen molar-refractivity contribution < 1.29 is 5.11 Å². The summed E-state index contributed by atoms with van der Waals surface area (Å²) in [4.78, 5) is 7.31. The number of hydrogen-bond donors (Lipinski definition) is 1. The van der Waals surface area contributed by atoms with E-state index in [0.29, 0.717) is 5.15 Å². The Bertz CT molecular complexity index is 611. The van der Waals surface area contributed by atoms with E-state index < -0.39 is 0 Å². The average molecular weight is 295 g/mol. The molecule has 0 bridgehead atoms. The molecule has 2 heterocycles. The van der Waals surface area contributed by atoms with Crippen molar-refractivity contribution in [3.8, 4) is 0 Å². The Morgan fingerprint density at radius 1 is 1.47 bits per heavy atom. The number of benzene rings is 1. The highest BCUT2D eigenvalue weighted by atomic mass is 35.5. The van der Waals surface area contributed by atoms with Crippen molar-refractivity contribution in [3.63, 3.8) is 0 Å². The van der Waals surface area contributed by atoms with Gasteiger partial charge in [0.1, 0.15) is 5.15 Å². The molecule has 0 spiro atoms. The minimum absolute atomic E-state index is 0.0505. The summed E-state index contributed by atoms with van der Waals surface area (Å²) in [5, 5.41) is 10.5. The van der Waals surface area contributed by atoms with Crippen LogP contribution in [0, 0.1) is 6.92 Å². The fourth-order valence-corrected chi connectivity index (χ4v) is 3.62. The number of rotatable bonds is 2. The van der Waals surface area contributed by atoms with E-state index in [0.717, 1.165) is 29.4 Å². The van der Waals surface area contributed by atoms with Crippen LogP contribution < -0.4 is 4.90 Å². The molecule has 1 aliphatic rings. The Balaban J connectivity index is 2.03. The second-order valence-electron chi connectivity index (χ2n) is 4.76. The number of fused-ring (bicyclic) bond motifs is 1. The largest absolute Gasteiger partial charge is 0.391 e. The summed E-state index contributed by atoms with van der Waals surface area (Å²) in [5.74, 6) is 0. The Kier molecular flexibility index (Phi) is 3.48. The molecule has 0 aliphatic carbocycles. The van der Waals surface area contributed by atoms with Gasteiger partial charge in [-0.25, -0.2) is 4.98 Å². The first-order chi connectivity index (χ1) is 9.19. The van der Waals surface area contributed by atoms with E-state index in [1.807, 2.05) is 0 Å². The Hall–Kier alpha value is -1.10. The van der Waals surface area contributed by atoms with Crippen molar-refractivity contribution in [2.24, 2.45) is 0 Å². The Morgan fingerprint density at radius 3 is 3.05 bits per heavy atom. The maximum Gasteiger partial charge on any atom is 0.191 e. The monoisotopic (exact) mass is 294 g/mol. The van der Waals surface area contributed by atoms with Gasteiger partial charge in [0.2, 0.25) is 0 Å². The van der Waals surface area contributed by atoms with Gasteiger partial charge >= 0.3 is 0 Å². The first-order valence-electron chi connectivity index (χ1n) is 6.32. The molecule has 0 atom stereocenters. The first kappa shape index (κ1) is 12.9. The number of aliphatic hydroxyl groups is 1. The standard InChI is InChI=1S/C14H15ClN2OS/c1-9-4-5-11-10(7-9)3-2-6-17(11)14-16-13(15)12(8-18)19-14/h4-5,7,18H,2-3,6,8H2,1H3. The number of halogens is 1. The third-order valence-electron chi connectivity index (χ3n) is 3.37. The molecule has 100 valence electrons. The van der Waals surface area contributed by atoms with E-state index in [4.69, 9.17) is 11.6 Å². The highest BCUT2D eigenvalue weighted by Gasteiger charge is 2.22. The first-order valence-corrected chi connectivity index (χ1v) is 7.51. The minimum Gasteiger partial charge on any atom is -0.391 e. The summed E-state index contributed by atoms with van der Waals surface area (Å²) < 4.78 is 0. The molecule has 2 aromatic rings. The zero-order valence-electron chi connectivity index (χ0n) is 10.7. The lowest BCUT2D eigenvalue weighted by molar-refractivity contribution is 0.285. The molecule has 0 radical (unpaired) electrons. The number of aromatic nitrogens is 1. The SMILES string of the molecule is Cc1ccc2c(c1)CCCN2c1nc(Cl)c(CO)s1. The van der Waals surface area contributed by atoms with Gasteiger partial charge in [0.05, 0.1) is 11.5 Å². The van der Waals surface area contributed by atoms with Crippen LogP contribution in [0.1, 0.15) is 22.4 Å². The van der Waals surface area contributed by atoms with Gasteiger partial charge in [-0.2, -0.15) is 0 Å².